The van der Waals surface area contributed by atoms with Crippen LogP contribution < -0.4 is 20.7 Å². The molecule has 38 heavy (non-hydrogen) atoms. The van der Waals surface area contributed by atoms with Crippen LogP contribution in [-0.2, 0) is 14.6 Å². The maximum absolute atomic E-state index is 12.6. The van der Waals surface area contributed by atoms with Crippen LogP contribution in [0.25, 0.3) is 10.2 Å². The number of hydrogen-bond acceptors (Lipinski definition) is 9. The van der Waals surface area contributed by atoms with E-state index in [-0.39, 0.29) is 25.9 Å². The second-order valence-corrected chi connectivity index (χ2v) is 12.5. The standard InChI is InChI=1S/C22H23ClN4O5S2.C2H3ClO/c1-34(30,31)15-5-7-18-19(10-15)33-22(25-18)27-21(29)26-20(28)16-9-14(4-6-17(16)23)32-12-13-3-2-8-24-11-13;1-2(3)4/h4-7,9-10,13,24H,2-3,8,11-12H2,1H3,(H2,25,26,27,28,29);1H3/t13-;/m0./s1. The van der Waals surface area contributed by atoms with Gasteiger partial charge in [-0.25, -0.2) is 18.2 Å². The van der Waals surface area contributed by atoms with E-state index in [2.05, 4.69) is 32.5 Å². The Hall–Kier alpha value is -2.77. The van der Waals surface area contributed by atoms with Crippen molar-refractivity contribution in [3.05, 3.63) is 47.0 Å². The minimum Gasteiger partial charge on any atom is -0.493 e. The number of rotatable bonds is 6. The quantitative estimate of drug-likeness (QED) is 0.352. The molecule has 0 saturated carbocycles. The largest absolute Gasteiger partial charge is 0.493 e. The van der Waals surface area contributed by atoms with E-state index in [4.69, 9.17) is 16.3 Å². The number of imide groups is 1. The number of carbonyl (C=O) groups is 3. The molecule has 0 spiro atoms. The van der Waals surface area contributed by atoms with Gasteiger partial charge in [0.1, 0.15) is 5.75 Å². The van der Waals surface area contributed by atoms with E-state index < -0.39 is 21.8 Å². The van der Waals surface area contributed by atoms with E-state index in [1.807, 2.05) is 0 Å². The first kappa shape index (κ1) is 29.8. The fourth-order valence-electron chi connectivity index (χ4n) is 3.54. The molecule has 0 aliphatic carbocycles. The third-order valence-corrected chi connectivity index (χ3v) is 7.68. The monoisotopic (exact) mass is 600 g/mol. The summed E-state index contributed by atoms with van der Waals surface area (Å²) in [5.74, 6) is 0.205. The number of hydrogen-bond donors (Lipinski definition) is 3. The Morgan fingerprint density at radius 1 is 1.21 bits per heavy atom. The lowest BCUT2D eigenvalue weighted by molar-refractivity contribution is -0.109. The minimum atomic E-state index is -3.36. The molecule has 1 aliphatic heterocycles. The molecule has 4 rings (SSSR count). The molecule has 3 aromatic rings. The Morgan fingerprint density at radius 3 is 2.61 bits per heavy atom. The van der Waals surface area contributed by atoms with Gasteiger partial charge in [-0.2, -0.15) is 0 Å². The molecule has 14 heteroatoms. The third kappa shape index (κ3) is 8.91. The number of anilines is 1. The number of piperidine rings is 1. The van der Waals surface area contributed by atoms with Crippen molar-refractivity contribution in [3.8, 4) is 5.75 Å². The summed E-state index contributed by atoms with van der Waals surface area (Å²) in [5.41, 5.74) is 0.637. The molecule has 10 nitrogen and oxygen atoms in total. The number of aromatic nitrogens is 1. The lowest BCUT2D eigenvalue weighted by atomic mass is 10.0. The van der Waals surface area contributed by atoms with E-state index >= 15 is 0 Å². The van der Waals surface area contributed by atoms with Gasteiger partial charge in [0.05, 0.1) is 32.3 Å². The van der Waals surface area contributed by atoms with Gasteiger partial charge in [0.15, 0.2) is 15.0 Å². The fourth-order valence-corrected chi connectivity index (χ4v) is 5.36. The maximum atomic E-state index is 12.6. The van der Waals surface area contributed by atoms with Gasteiger partial charge in [0.25, 0.3) is 5.91 Å². The number of benzene rings is 2. The van der Waals surface area contributed by atoms with E-state index in [0.29, 0.717) is 28.5 Å². The molecule has 1 aromatic heterocycles. The van der Waals surface area contributed by atoms with E-state index in [1.165, 1.54) is 25.1 Å². The van der Waals surface area contributed by atoms with Gasteiger partial charge in [-0.3, -0.25) is 20.2 Å². The van der Waals surface area contributed by atoms with E-state index in [0.717, 1.165) is 43.5 Å². The van der Waals surface area contributed by atoms with Crippen LogP contribution in [0.4, 0.5) is 9.93 Å². The van der Waals surface area contributed by atoms with Crippen LogP contribution in [0.15, 0.2) is 41.3 Å². The molecule has 1 aliphatic rings. The lowest BCUT2D eigenvalue weighted by Gasteiger charge is -2.22. The number of halogens is 2. The van der Waals surface area contributed by atoms with E-state index in [1.54, 1.807) is 18.2 Å². The molecule has 0 radical (unpaired) electrons. The summed E-state index contributed by atoms with van der Waals surface area (Å²) in [6.07, 6.45) is 3.30. The van der Waals surface area contributed by atoms with Gasteiger partial charge in [0.2, 0.25) is 5.24 Å². The highest BCUT2D eigenvalue weighted by atomic mass is 35.5. The number of fused-ring (bicyclic) bond motifs is 1. The zero-order chi connectivity index (χ0) is 27.9. The number of thiazole rings is 1. The topological polar surface area (TPSA) is 144 Å². The third-order valence-electron chi connectivity index (χ3n) is 5.30. The molecular formula is C24H26Cl2N4O6S2. The zero-order valence-corrected chi connectivity index (χ0v) is 23.7. The Bertz CT molecular complexity index is 1430. The minimum absolute atomic E-state index is 0.109. The predicted molar refractivity (Wildman–Crippen MR) is 148 cm³/mol. The molecule has 0 unspecified atom stereocenters. The second kappa shape index (κ2) is 13.3. The Morgan fingerprint density at radius 2 is 1.95 bits per heavy atom. The number of urea groups is 1. The first-order valence-electron chi connectivity index (χ1n) is 11.4. The molecule has 1 saturated heterocycles. The zero-order valence-electron chi connectivity index (χ0n) is 20.5. The average Bonchev–Trinajstić information content (AvgIpc) is 3.24. The predicted octanol–water partition coefficient (Wildman–Crippen LogP) is 4.47. The SMILES string of the molecule is CC(=O)Cl.CS(=O)(=O)c1ccc2nc(NC(=O)NC(=O)c3cc(OC[C@H]4CCCNC4)ccc3Cl)sc2c1. The normalized spacial score (nSPS) is 15.2. The van der Waals surface area contributed by atoms with Crippen LogP contribution in [0, 0.1) is 5.92 Å². The number of sulfone groups is 1. The van der Waals surface area contributed by atoms with Crippen LogP contribution in [0.3, 0.4) is 0 Å². The average molecular weight is 602 g/mol. The Balaban J connectivity index is 0.000000934. The number of nitrogens with one attached hydrogen (secondary N) is 3. The van der Waals surface area contributed by atoms with Crippen molar-refractivity contribution in [1.29, 1.82) is 0 Å². The van der Waals surface area contributed by atoms with Crippen LogP contribution in [0.1, 0.15) is 30.1 Å². The number of carbonyl (C=O) groups excluding carboxylic acids is 3. The summed E-state index contributed by atoms with van der Waals surface area (Å²) in [5, 5.41) is 8.10. The first-order chi connectivity index (χ1) is 17.9. The highest BCUT2D eigenvalue weighted by molar-refractivity contribution is 7.90. The number of ether oxygens (including phenoxy) is 1. The summed E-state index contributed by atoms with van der Waals surface area (Å²) in [6.45, 7) is 3.72. The fraction of sp³-hybridized carbons (Fsp3) is 0.333. The van der Waals surface area contributed by atoms with Crippen molar-refractivity contribution in [2.75, 3.05) is 31.3 Å². The second-order valence-electron chi connectivity index (χ2n) is 8.46. The summed E-state index contributed by atoms with van der Waals surface area (Å²) in [6, 6.07) is 8.45. The maximum Gasteiger partial charge on any atom is 0.327 e. The van der Waals surface area contributed by atoms with Crippen LogP contribution >= 0.6 is 34.5 Å². The molecule has 204 valence electrons. The van der Waals surface area contributed by atoms with Crippen molar-refractivity contribution in [3.63, 3.8) is 0 Å². The van der Waals surface area contributed by atoms with Gasteiger partial charge in [-0.1, -0.05) is 22.9 Å². The van der Waals surface area contributed by atoms with Gasteiger partial charge in [0, 0.05) is 25.6 Å². The van der Waals surface area contributed by atoms with Crippen LogP contribution in [0.5, 0.6) is 5.75 Å². The molecule has 1 fully saturated rings. The summed E-state index contributed by atoms with van der Waals surface area (Å²) in [7, 11) is -3.36. The van der Waals surface area contributed by atoms with Crippen LogP contribution in [-0.4, -0.2) is 56.5 Å². The van der Waals surface area contributed by atoms with Crippen molar-refractivity contribution in [1.82, 2.24) is 15.6 Å². The molecule has 2 heterocycles. The smallest absolute Gasteiger partial charge is 0.327 e. The number of nitrogens with zero attached hydrogens (tertiary/aromatic N) is 1. The van der Waals surface area contributed by atoms with Crippen molar-refractivity contribution in [2.45, 2.75) is 24.7 Å². The molecular weight excluding hydrogens is 575 g/mol. The van der Waals surface area contributed by atoms with Crippen molar-refractivity contribution >= 4 is 76.9 Å². The summed E-state index contributed by atoms with van der Waals surface area (Å²) in [4.78, 5) is 38.6. The van der Waals surface area contributed by atoms with Crippen LogP contribution in [0.2, 0.25) is 5.02 Å². The first-order valence-corrected chi connectivity index (χ1v) is 14.9. The summed E-state index contributed by atoms with van der Waals surface area (Å²) >= 11 is 11.9. The molecule has 1 atom stereocenters. The molecule has 3 amide bonds. The molecule has 2 aromatic carbocycles. The molecule has 3 N–H and O–H groups in total. The van der Waals surface area contributed by atoms with E-state index in [9.17, 15) is 22.8 Å². The number of amides is 3. The molecule has 0 bridgehead atoms. The van der Waals surface area contributed by atoms with Crippen molar-refractivity contribution in [2.24, 2.45) is 5.92 Å². The Labute approximate surface area is 234 Å². The van der Waals surface area contributed by atoms with Crippen molar-refractivity contribution < 1.29 is 27.5 Å². The summed E-state index contributed by atoms with van der Waals surface area (Å²) < 4.78 is 29.9. The van der Waals surface area contributed by atoms with Gasteiger partial charge < -0.3 is 10.1 Å². The van der Waals surface area contributed by atoms with Gasteiger partial charge >= 0.3 is 6.03 Å². The van der Waals surface area contributed by atoms with Gasteiger partial charge in [-0.15, -0.1) is 0 Å². The Kier molecular flexibility index (Phi) is 10.5. The lowest BCUT2D eigenvalue weighted by Crippen LogP contribution is -2.34. The highest BCUT2D eigenvalue weighted by Gasteiger charge is 2.18. The van der Waals surface area contributed by atoms with Gasteiger partial charge in [-0.05, 0) is 67.4 Å². The highest BCUT2D eigenvalue weighted by Crippen LogP contribution is 2.28.